The highest BCUT2D eigenvalue weighted by molar-refractivity contribution is 5.13. The lowest BCUT2D eigenvalue weighted by Crippen LogP contribution is -2.30. The molecule has 3 nitrogen and oxygen atoms in total. The summed E-state index contributed by atoms with van der Waals surface area (Å²) >= 11 is 0. The SMILES string of the molecule is CN1CCC(Cc2cc(C(C)(F)F)n[nH]2)CC1. The van der Waals surface area contributed by atoms with Crippen LogP contribution in [0.4, 0.5) is 8.78 Å². The number of H-pyrrole nitrogens is 1. The van der Waals surface area contributed by atoms with E-state index < -0.39 is 5.92 Å². The molecule has 0 bridgehead atoms. The first kappa shape index (κ1) is 12.5. The summed E-state index contributed by atoms with van der Waals surface area (Å²) in [6.45, 7) is 3.06. The number of piperidine rings is 1. The zero-order chi connectivity index (χ0) is 12.5. The second kappa shape index (κ2) is 4.72. The van der Waals surface area contributed by atoms with Crippen molar-refractivity contribution in [1.82, 2.24) is 15.1 Å². The van der Waals surface area contributed by atoms with Crippen LogP contribution in [0.25, 0.3) is 0 Å². The molecule has 0 atom stereocenters. The standard InChI is InChI=1S/C12H19F2N3/c1-12(13,14)11-8-10(15-16-11)7-9-3-5-17(2)6-4-9/h8-9H,3-7H2,1-2H3,(H,15,16). The number of halogens is 2. The average Bonchev–Trinajstić information content (AvgIpc) is 2.69. The van der Waals surface area contributed by atoms with Crippen molar-refractivity contribution in [3.63, 3.8) is 0 Å². The van der Waals surface area contributed by atoms with Crippen molar-refractivity contribution in [1.29, 1.82) is 0 Å². The van der Waals surface area contributed by atoms with E-state index in [9.17, 15) is 8.78 Å². The average molecular weight is 243 g/mol. The Morgan fingerprint density at radius 2 is 2.12 bits per heavy atom. The molecule has 96 valence electrons. The van der Waals surface area contributed by atoms with Gasteiger partial charge >= 0.3 is 0 Å². The first-order valence-electron chi connectivity index (χ1n) is 6.06. The van der Waals surface area contributed by atoms with Gasteiger partial charge in [-0.1, -0.05) is 0 Å². The van der Waals surface area contributed by atoms with Gasteiger partial charge in [-0.2, -0.15) is 13.9 Å². The Morgan fingerprint density at radius 1 is 1.47 bits per heavy atom. The third-order valence-corrected chi connectivity index (χ3v) is 3.43. The number of alkyl halides is 2. The predicted molar refractivity (Wildman–Crippen MR) is 62.1 cm³/mol. The molecule has 2 rings (SSSR count). The minimum Gasteiger partial charge on any atom is -0.306 e. The third kappa shape index (κ3) is 3.25. The normalized spacial score (nSPS) is 19.8. The molecule has 0 unspecified atom stereocenters. The molecule has 1 aliphatic heterocycles. The smallest absolute Gasteiger partial charge is 0.288 e. The molecule has 0 aromatic carbocycles. The number of aromatic amines is 1. The highest BCUT2D eigenvalue weighted by Gasteiger charge is 2.28. The first-order valence-corrected chi connectivity index (χ1v) is 6.06. The molecule has 1 aromatic rings. The summed E-state index contributed by atoms with van der Waals surface area (Å²) in [6, 6.07) is 1.50. The van der Waals surface area contributed by atoms with E-state index >= 15 is 0 Å². The lowest BCUT2D eigenvalue weighted by Gasteiger charge is -2.28. The Hall–Kier alpha value is -0.970. The molecule has 0 spiro atoms. The van der Waals surface area contributed by atoms with Crippen LogP contribution in [0.5, 0.6) is 0 Å². The Bertz CT molecular complexity index is 362. The summed E-state index contributed by atoms with van der Waals surface area (Å²) in [5.74, 6) is -2.26. The number of hydrogen-bond acceptors (Lipinski definition) is 2. The Labute approximate surface area is 100 Å². The van der Waals surface area contributed by atoms with Crippen LogP contribution in [-0.4, -0.2) is 35.2 Å². The summed E-state index contributed by atoms with van der Waals surface area (Å²) in [5.41, 5.74) is 0.677. The van der Waals surface area contributed by atoms with Gasteiger partial charge in [0.25, 0.3) is 5.92 Å². The van der Waals surface area contributed by atoms with Gasteiger partial charge < -0.3 is 4.90 Å². The summed E-state index contributed by atoms with van der Waals surface area (Å²) in [5, 5.41) is 6.41. The molecular weight excluding hydrogens is 224 g/mol. The van der Waals surface area contributed by atoms with Gasteiger partial charge in [0, 0.05) is 12.6 Å². The first-order chi connectivity index (χ1) is 7.95. The van der Waals surface area contributed by atoms with Crippen molar-refractivity contribution in [3.8, 4) is 0 Å². The summed E-state index contributed by atoms with van der Waals surface area (Å²) in [7, 11) is 2.11. The molecule has 2 heterocycles. The van der Waals surface area contributed by atoms with Crippen LogP contribution in [0.15, 0.2) is 6.07 Å². The Balaban J connectivity index is 1.93. The third-order valence-electron chi connectivity index (χ3n) is 3.43. The maximum Gasteiger partial charge on any atom is 0.288 e. The molecule has 5 heteroatoms. The van der Waals surface area contributed by atoms with Gasteiger partial charge in [-0.25, -0.2) is 0 Å². The van der Waals surface area contributed by atoms with E-state index in [2.05, 4.69) is 22.1 Å². The van der Waals surface area contributed by atoms with E-state index in [0.717, 1.165) is 45.0 Å². The predicted octanol–water partition coefficient (Wildman–Crippen LogP) is 2.41. The van der Waals surface area contributed by atoms with E-state index in [-0.39, 0.29) is 5.69 Å². The lowest BCUT2D eigenvalue weighted by molar-refractivity contribution is 0.0127. The van der Waals surface area contributed by atoms with Crippen molar-refractivity contribution >= 4 is 0 Å². The van der Waals surface area contributed by atoms with Crippen molar-refractivity contribution in [3.05, 3.63) is 17.5 Å². The number of rotatable bonds is 3. The van der Waals surface area contributed by atoms with Crippen molar-refractivity contribution in [2.24, 2.45) is 5.92 Å². The molecule has 0 saturated carbocycles. The zero-order valence-corrected chi connectivity index (χ0v) is 10.3. The second-order valence-electron chi connectivity index (χ2n) is 5.12. The highest BCUT2D eigenvalue weighted by Crippen LogP contribution is 2.27. The summed E-state index contributed by atoms with van der Waals surface area (Å²) in [4.78, 5) is 2.30. The minimum absolute atomic E-state index is 0.152. The van der Waals surface area contributed by atoms with E-state index in [1.54, 1.807) is 0 Å². The molecular formula is C12H19F2N3. The summed E-state index contributed by atoms with van der Waals surface area (Å²) in [6.07, 6.45) is 3.09. The fraction of sp³-hybridized carbons (Fsp3) is 0.750. The minimum atomic E-state index is -2.85. The van der Waals surface area contributed by atoms with Crippen molar-refractivity contribution < 1.29 is 8.78 Å². The van der Waals surface area contributed by atoms with E-state index in [1.807, 2.05) is 0 Å². The Kier molecular flexibility index (Phi) is 3.47. The quantitative estimate of drug-likeness (QED) is 0.884. The van der Waals surface area contributed by atoms with Crippen LogP contribution in [0.2, 0.25) is 0 Å². The maximum absolute atomic E-state index is 13.0. The van der Waals surface area contributed by atoms with Gasteiger partial charge in [-0.05, 0) is 51.4 Å². The van der Waals surface area contributed by atoms with Crippen LogP contribution >= 0.6 is 0 Å². The molecule has 0 aliphatic carbocycles. The van der Waals surface area contributed by atoms with E-state index in [4.69, 9.17) is 0 Å². The Morgan fingerprint density at radius 3 is 2.65 bits per heavy atom. The van der Waals surface area contributed by atoms with Gasteiger partial charge in [0.2, 0.25) is 0 Å². The van der Waals surface area contributed by atoms with Crippen LogP contribution in [0.1, 0.15) is 31.2 Å². The fourth-order valence-electron chi connectivity index (χ4n) is 2.27. The molecule has 0 amide bonds. The van der Waals surface area contributed by atoms with Gasteiger partial charge in [0.15, 0.2) is 0 Å². The second-order valence-corrected chi connectivity index (χ2v) is 5.12. The number of aromatic nitrogens is 2. The lowest BCUT2D eigenvalue weighted by atomic mass is 9.92. The van der Waals surface area contributed by atoms with Crippen molar-refractivity contribution in [2.75, 3.05) is 20.1 Å². The topological polar surface area (TPSA) is 31.9 Å². The number of nitrogens with one attached hydrogen (secondary N) is 1. The van der Waals surface area contributed by atoms with Gasteiger partial charge in [0.1, 0.15) is 5.69 Å². The van der Waals surface area contributed by atoms with Gasteiger partial charge in [0.05, 0.1) is 0 Å². The largest absolute Gasteiger partial charge is 0.306 e. The van der Waals surface area contributed by atoms with E-state index in [0.29, 0.717) is 5.92 Å². The monoisotopic (exact) mass is 243 g/mol. The van der Waals surface area contributed by atoms with Crippen LogP contribution in [0, 0.1) is 5.92 Å². The van der Waals surface area contributed by atoms with E-state index in [1.165, 1.54) is 6.07 Å². The zero-order valence-electron chi connectivity index (χ0n) is 10.3. The molecule has 0 radical (unpaired) electrons. The highest BCUT2D eigenvalue weighted by atomic mass is 19.3. The fourth-order valence-corrected chi connectivity index (χ4v) is 2.27. The van der Waals surface area contributed by atoms with Crippen LogP contribution in [-0.2, 0) is 12.3 Å². The molecule has 1 aliphatic rings. The van der Waals surface area contributed by atoms with Crippen molar-refractivity contribution in [2.45, 2.75) is 32.1 Å². The molecule has 1 saturated heterocycles. The molecule has 1 N–H and O–H groups in total. The van der Waals surface area contributed by atoms with Gasteiger partial charge in [-0.3, -0.25) is 5.10 Å². The number of hydrogen-bond donors (Lipinski definition) is 1. The number of nitrogens with zero attached hydrogens (tertiary/aromatic N) is 2. The molecule has 1 fully saturated rings. The van der Waals surface area contributed by atoms with Crippen LogP contribution < -0.4 is 0 Å². The number of likely N-dealkylation sites (tertiary alicyclic amines) is 1. The maximum atomic E-state index is 13.0. The molecule has 17 heavy (non-hydrogen) atoms. The summed E-state index contributed by atoms with van der Waals surface area (Å²) < 4.78 is 26.0. The molecule has 1 aromatic heterocycles. The van der Waals surface area contributed by atoms with Gasteiger partial charge in [-0.15, -0.1) is 0 Å². The van der Waals surface area contributed by atoms with Crippen LogP contribution in [0.3, 0.4) is 0 Å².